The summed E-state index contributed by atoms with van der Waals surface area (Å²) in [7, 11) is 2.74. The molecule has 7 nitrogen and oxygen atoms in total. The number of amides is 1. The molecule has 0 spiro atoms. The Bertz CT molecular complexity index is 1090. The smallest absolute Gasteiger partial charge is 0.333 e. The minimum atomic E-state index is -1.02. The number of ether oxygens (including phenoxy) is 2. The number of esters is 1. The van der Waals surface area contributed by atoms with Crippen LogP contribution in [-0.4, -0.2) is 36.9 Å². The van der Waals surface area contributed by atoms with Crippen molar-refractivity contribution >= 4 is 17.7 Å². The van der Waals surface area contributed by atoms with E-state index in [9.17, 15) is 14.4 Å². The second-order valence-corrected chi connectivity index (χ2v) is 7.03. The van der Waals surface area contributed by atoms with E-state index in [2.05, 4.69) is 10.3 Å². The van der Waals surface area contributed by atoms with E-state index < -0.39 is 17.9 Å². The molecule has 0 radical (unpaired) electrons. The van der Waals surface area contributed by atoms with Gasteiger partial charge in [0.15, 0.2) is 6.04 Å². The van der Waals surface area contributed by atoms with Crippen molar-refractivity contribution in [1.29, 1.82) is 0 Å². The van der Waals surface area contributed by atoms with Crippen LogP contribution >= 0.6 is 0 Å². The third kappa shape index (κ3) is 5.19. The lowest BCUT2D eigenvalue weighted by Gasteiger charge is -2.19. The highest BCUT2D eigenvalue weighted by molar-refractivity contribution is 6.07. The molecule has 1 unspecified atom stereocenters. The Balaban J connectivity index is 1.72. The molecule has 0 saturated heterocycles. The zero-order valence-electron chi connectivity index (χ0n) is 17.6. The van der Waals surface area contributed by atoms with Crippen molar-refractivity contribution in [3.8, 4) is 5.75 Å². The monoisotopic (exact) mass is 420 g/mol. The molecule has 1 atom stereocenters. The molecule has 0 fully saturated rings. The molecule has 160 valence electrons. The Hall–Kier alpha value is -3.87. The predicted molar refractivity (Wildman–Crippen MR) is 115 cm³/mol. The van der Waals surface area contributed by atoms with Gasteiger partial charge in [-0.25, -0.2) is 4.79 Å². The molecular weight excluding hydrogens is 396 g/mol. The second-order valence-electron chi connectivity index (χ2n) is 7.03. The van der Waals surface area contributed by atoms with Crippen LogP contribution in [0.3, 0.4) is 0 Å². The highest BCUT2D eigenvalue weighted by Gasteiger charge is 2.26. The molecule has 1 aromatic heterocycles. The van der Waals surface area contributed by atoms with E-state index in [1.165, 1.54) is 14.2 Å². The molecule has 0 saturated carbocycles. The average Bonchev–Trinajstić information content (AvgIpc) is 3.25. The van der Waals surface area contributed by atoms with Crippen LogP contribution in [0.5, 0.6) is 5.75 Å². The molecule has 7 heteroatoms. The van der Waals surface area contributed by atoms with Crippen LogP contribution in [0.1, 0.15) is 38.9 Å². The fraction of sp³-hybridized carbons (Fsp3) is 0.208. The molecule has 0 bridgehead atoms. The zero-order chi connectivity index (χ0) is 22.4. The summed E-state index contributed by atoms with van der Waals surface area (Å²) in [5.41, 5.74) is 3.06. The van der Waals surface area contributed by atoms with E-state index in [1.807, 2.05) is 19.1 Å². The minimum Gasteiger partial charge on any atom is -0.496 e. The number of carbonyl (C=O) groups is 3. The van der Waals surface area contributed by atoms with Gasteiger partial charge in [0.25, 0.3) is 0 Å². The zero-order valence-corrected chi connectivity index (χ0v) is 17.6. The number of methoxy groups -OCH3 is 2. The molecule has 1 heterocycles. The standard InChI is InChI=1S/C24H24N2O5/c1-15-8-10-16(11-9-15)23(28)19-13-12-17(25-19)14-21(27)26-22(24(29)31-3)18-6-4-5-7-20(18)30-2/h4-13,22,25H,14H2,1-3H3,(H,26,27). The summed E-state index contributed by atoms with van der Waals surface area (Å²) in [5, 5.41) is 2.69. The molecule has 3 aromatic rings. The fourth-order valence-corrected chi connectivity index (χ4v) is 3.21. The highest BCUT2D eigenvalue weighted by Crippen LogP contribution is 2.25. The lowest BCUT2D eigenvalue weighted by Crippen LogP contribution is -2.35. The summed E-state index contributed by atoms with van der Waals surface area (Å²) in [5.74, 6) is -0.714. The van der Waals surface area contributed by atoms with Crippen molar-refractivity contribution in [3.63, 3.8) is 0 Å². The number of H-pyrrole nitrogens is 1. The van der Waals surface area contributed by atoms with Gasteiger partial charge in [-0.2, -0.15) is 0 Å². The number of para-hydroxylation sites is 1. The van der Waals surface area contributed by atoms with Crippen LogP contribution in [0, 0.1) is 6.92 Å². The van der Waals surface area contributed by atoms with Gasteiger partial charge in [0, 0.05) is 16.8 Å². The number of carbonyl (C=O) groups excluding carboxylic acids is 3. The molecule has 0 aliphatic heterocycles. The van der Waals surface area contributed by atoms with Crippen molar-refractivity contribution in [1.82, 2.24) is 10.3 Å². The first kappa shape index (κ1) is 21.8. The van der Waals surface area contributed by atoms with Gasteiger partial charge in [-0.15, -0.1) is 0 Å². The van der Waals surface area contributed by atoms with Gasteiger partial charge in [0.05, 0.1) is 26.3 Å². The maximum atomic E-state index is 12.6. The number of aryl methyl sites for hydroxylation is 1. The topological polar surface area (TPSA) is 97.5 Å². The summed E-state index contributed by atoms with van der Waals surface area (Å²) in [6, 6.07) is 16.5. The van der Waals surface area contributed by atoms with Crippen LogP contribution in [0.15, 0.2) is 60.7 Å². The van der Waals surface area contributed by atoms with Crippen LogP contribution in [-0.2, 0) is 20.7 Å². The Labute approximate surface area is 180 Å². The quantitative estimate of drug-likeness (QED) is 0.431. The van der Waals surface area contributed by atoms with Gasteiger partial charge in [-0.05, 0) is 25.1 Å². The molecule has 2 N–H and O–H groups in total. The third-order valence-corrected chi connectivity index (χ3v) is 4.85. The molecule has 31 heavy (non-hydrogen) atoms. The van der Waals surface area contributed by atoms with Crippen molar-refractivity contribution < 1.29 is 23.9 Å². The maximum absolute atomic E-state index is 12.6. The minimum absolute atomic E-state index is 0.0379. The average molecular weight is 420 g/mol. The SMILES string of the molecule is COC(=O)C(NC(=O)Cc1ccc(C(=O)c2ccc(C)cc2)[nH]1)c1ccccc1OC. The van der Waals surface area contributed by atoms with E-state index in [4.69, 9.17) is 9.47 Å². The Morgan fingerprint density at radius 2 is 1.68 bits per heavy atom. The predicted octanol–water partition coefficient (Wildman–Crippen LogP) is 3.14. The van der Waals surface area contributed by atoms with Crippen molar-refractivity contribution in [3.05, 3.63) is 88.7 Å². The van der Waals surface area contributed by atoms with Crippen molar-refractivity contribution in [2.75, 3.05) is 14.2 Å². The van der Waals surface area contributed by atoms with E-state index in [0.717, 1.165) is 5.56 Å². The summed E-state index contributed by atoms with van der Waals surface area (Å²) in [4.78, 5) is 40.5. The molecule has 0 aliphatic carbocycles. The summed E-state index contributed by atoms with van der Waals surface area (Å²) >= 11 is 0. The number of nitrogens with one attached hydrogen (secondary N) is 2. The first-order valence-electron chi connectivity index (χ1n) is 9.72. The van der Waals surface area contributed by atoms with Gasteiger partial charge in [0.1, 0.15) is 5.75 Å². The van der Waals surface area contributed by atoms with Gasteiger partial charge < -0.3 is 19.8 Å². The Morgan fingerprint density at radius 3 is 2.35 bits per heavy atom. The number of hydrogen-bond donors (Lipinski definition) is 2. The first-order valence-corrected chi connectivity index (χ1v) is 9.72. The summed E-state index contributed by atoms with van der Waals surface area (Å²) in [6.07, 6.45) is -0.0379. The lowest BCUT2D eigenvalue weighted by molar-refractivity contribution is -0.145. The second kappa shape index (κ2) is 9.75. The normalized spacial score (nSPS) is 11.5. The van der Waals surface area contributed by atoms with Crippen LogP contribution in [0.4, 0.5) is 0 Å². The van der Waals surface area contributed by atoms with Gasteiger partial charge in [0.2, 0.25) is 11.7 Å². The number of benzene rings is 2. The molecule has 3 rings (SSSR count). The van der Waals surface area contributed by atoms with Gasteiger partial charge in [-0.3, -0.25) is 9.59 Å². The fourth-order valence-electron chi connectivity index (χ4n) is 3.21. The molecule has 1 amide bonds. The van der Waals surface area contributed by atoms with Crippen LogP contribution in [0.2, 0.25) is 0 Å². The number of aromatic nitrogens is 1. The summed E-state index contributed by atoms with van der Waals surface area (Å²) in [6.45, 7) is 1.95. The number of rotatable bonds is 8. The van der Waals surface area contributed by atoms with Crippen LogP contribution < -0.4 is 10.1 Å². The van der Waals surface area contributed by atoms with E-state index >= 15 is 0 Å². The van der Waals surface area contributed by atoms with Gasteiger partial charge >= 0.3 is 5.97 Å². The Morgan fingerprint density at radius 1 is 0.968 bits per heavy atom. The largest absolute Gasteiger partial charge is 0.496 e. The molecular formula is C24H24N2O5. The highest BCUT2D eigenvalue weighted by atomic mass is 16.5. The molecule has 0 aliphatic rings. The lowest BCUT2D eigenvalue weighted by atomic mass is 10.1. The summed E-state index contributed by atoms with van der Waals surface area (Å²) < 4.78 is 10.1. The first-order chi connectivity index (χ1) is 14.9. The van der Waals surface area contributed by atoms with E-state index in [0.29, 0.717) is 28.3 Å². The van der Waals surface area contributed by atoms with Gasteiger partial charge in [-0.1, -0.05) is 48.0 Å². The van der Waals surface area contributed by atoms with E-state index in [1.54, 1.807) is 48.5 Å². The Kier molecular flexibility index (Phi) is 6.87. The van der Waals surface area contributed by atoms with Crippen molar-refractivity contribution in [2.24, 2.45) is 0 Å². The van der Waals surface area contributed by atoms with Crippen molar-refractivity contribution in [2.45, 2.75) is 19.4 Å². The number of aromatic amines is 1. The third-order valence-electron chi connectivity index (χ3n) is 4.85. The van der Waals surface area contributed by atoms with E-state index in [-0.39, 0.29) is 12.2 Å². The number of ketones is 1. The maximum Gasteiger partial charge on any atom is 0.333 e. The number of hydrogen-bond acceptors (Lipinski definition) is 5. The molecule has 2 aromatic carbocycles. The van der Waals surface area contributed by atoms with Crippen LogP contribution in [0.25, 0.3) is 0 Å².